The number of anilines is 1. The number of nitriles is 1. The second-order valence-electron chi connectivity index (χ2n) is 3.18. The first-order valence-corrected chi connectivity index (χ1v) is 4.41. The summed E-state index contributed by atoms with van der Waals surface area (Å²) < 4.78 is 0. The first-order valence-electron chi connectivity index (χ1n) is 4.41. The lowest BCUT2D eigenvalue weighted by atomic mass is 10.2. The number of rotatable bonds is 3. The third-order valence-corrected chi connectivity index (χ3v) is 1.94. The summed E-state index contributed by atoms with van der Waals surface area (Å²) in [6.45, 7) is 3.28. The predicted molar refractivity (Wildman–Crippen MR) is 54.4 cm³/mol. The third-order valence-electron chi connectivity index (χ3n) is 1.94. The van der Waals surface area contributed by atoms with Crippen LogP contribution in [0.1, 0.15) is 18.2 Å². The van der Waals surface area contributed by atoms with Crippen molar-refractivity contribution in [1.29, 1.82) is 5.26 Å². The summed E-state index contributed by atoms with van der Waals surface area (Å²) >= 11 is 0. The van der Waals surface area contributed by atoms with Gasteiger partial charge in [0.2, 0.25) is 0 Å². The van der Waals surface area contributed by atoms with Gasteiger partial charge >= 0.3 is 5.97 Å². The molecule has 0 fully saturated rings. The lowest BCUT2D eigenvalue weighted by Gasteiger charge is -2.10. The molecule has 0 saturated heterocycles. The first kappa shape index (κ1) is 11.0. The predicted octanol–water partition coefficient (Wildman–Crippen LogP) is 1.15. The summed E-state index contributed by atoms with van der Waals surface area (Å²) in [5.74, 6) is -0.567. The van der Waals surface area contributed by atoms with E-state index in [1.807, 2.05) is 6.07 Å². The molecule has 5 nitrogen and oxygen atoms in total. The summed E-state index contributed by atoms with van der Waals surface area (Å²) in [6, 6.07) is 4.58. The van der Waals surface area contributed by atoms with E-state index in [0.717, 1.165) is 5.56 Å². The summed E-state index contributed by atoms with van der Waals surface area (Å²) in [6.07, 6.45) is 0. The van der Waals surface area contributed by atoms with Crippen molar-refractivity contribution in [3.05, 3.63) is 23.4 Å². The molecule has 1 aromatic heterocycles. The fraction of sp³-hybridized carbons (Fsp3) is 0.300. The zero-order valence-electron chi connectivity index (χ0n) is 8.48. The van der Waals surface area contributed by atoms with Crippen LogP contribution in [-0.2, 0) is 4.79 Å². The average Bonchev–Trinajstić information content (AvgIpc) is 2.20. The van der Waals surface area contributed by atoms with Crippen molar-refractivity contribution in [2.24, 2.45) is 0 Å². The number of nitrogens with one attached hydrogen (secondary N) is 1. The van der Waals surface area contributed by atoms with Crippen LogP contribution < -0.4 is 5.32 Å². The molecule has 0 aliphatic heterocycles. The van der Waals surface area contributed by atoms with E-state index in [0.29, 0.717) is 11.5 Å². The Hall–Kier alpha value is -2.09. The van der Waals surface area contributed by atoms with Crippen molar-refractivity contribution in [1.82, 2.24) is 4.98 Å². The van der Waals surface area contributed by atoms with Crippen molar-refractivity contribution in [2.45, 2.75) is 19.9 Å². The van der Waals surface area contributed by atoms with Gasteiger partial charge < -0.3 is 10.4 Å². The van der Waals surface area contributed by atoms with Crippen molar-refractivity contribution < 1.29 is 9.90 Å². The van der Waals surface area contributed by atoms with Gasteiger partial charge in [-0.25, -0.2) is 4.98 Å². The molecule has 0 aromatic carbocycles. The number of carboxylic acid groups (broad SMARTS) is 1. The van der Waals surface area contributed by atoms with Crippen LogP contribution in [0.3, 0.4) is 0 Å². The Labute approximate surface area is 87.4 Å². The van der Waals surface area contributed by atoms with Gasteiger partial charge in [0.05, 0.1) is 0 Å². The van der Waals surface area contributed by atoms with E-state index in [1.54, 1.807) is 19.1 Å². The Morgan fingerprint density at radius 2 is 2.33 bits per heavy atom. The number of carboxylic acids is 1. The van der Waals surface area contributed by atoms with Crippen LogP contribution in [0.15, 0.2) is 12.1 Å². The van der Waals surface area contributed by atoms with Crippen molar-refractivity contribution in [3.63, 3.8) is 0 Å². The van der Waals surface area contributed by atoms with Gasteiger partial charge in [-0.2, -0.15) is 5.26 Å². The topological polar surface area (TPSA) is 86.0 Å². The van der Waals surface area contributed by atoms with Crippen molar-refractivity contribution in [3.8, 4) is 6.07 Å². The fourth-order valence-electron chi connectivity index (χ4n) is 1.01. The lowest BCUT2D eigenvalue weighted by Crippen LogP contribution is -2.25. The summed E-state index contributed by atoms with van der Waals surface area (Å²) in [4.78, 5) is 14.5. The van der Waals surface area contributed by atoms with Crippen molar-refractivity contribution in [2.75, 3.05) is 5.32 Å². The minimum Gasteiger partial charge on any atom is -0.480 e. The second-order valence-corrected chi connectivity index (χ2v) is 3.18. The van der Waals surface area contributed by atoms with E-state index in [-0.39, 0.29) is 0 Å². The first-order chi connectivity index (χ1) is 7.04. The minimum atomic E-state index is -0.962. The second kappa shape index (κ2) is 4.42. The molecule has 0 bridgehead atoms. The van der Waals surface area contributed by atoms with E-state index in [4.69, 9.17) is 10.4 Å². The van der Waals surface area contributed by atoms with Crippen LogP contribution >= 0.6 is 0 Å². The van der Waals surface area contributed by atoms with Crippen LogP contribution in [-0.4, -0.2) is 22.1 Å². The number of aryl methyl sites for hydroxylation is 1. The molecule has 1 aromatic rings. The summed E-state index contributed by atoms with van der Waals surface area (Å²) in [5.41, 5.74) is 1.07. The number of pyridine rings is 1. The number of hydrogen-bond donors (Lipinski definition) is 2. The van der Waals surface area contributed by atoms with Crippen LogP contribution in [0.2, 0.25) is 0 Å². The molecular formula is C10H11N3O2. The normalized spacial score (nSPS) is 11.5. The zero-order valence-corrected chi connectivity index (χ0v) is 8.48. The molecule has 1 atom stereocenters. The highest BCUT2D eigenvalue weighted by Gasteiger charge is 2.11. The largest absolute Gasteiger partial charge is 0.480 e. The van der Waals surface area contributed by atoms with E-state index in [2.05, 4.69) is 10.3 Å². The molecule has 0 saturated carbocycles. The SMILES string of the molecule is Cc1ccc(N[C@@H](C)C(=O)O)nc1C#N. The van der Waals surface area contributed by atoms with Crippen LogP contribution in [0.5, 0.6) is 0 Å². The van der Waals surface area contributed by atoms with Gasteiger partial charge in [-0.05, 0) is 25.5 Å². The zero-order chi connectivity index (χ0) is 11.4. The molecule has 0 amide bonds. The maximum absolute atomic E-state index is 10.6. The van der Waals surface area contributed by atoms with Gasteiger partial charge in [-0.1, -0.05) is 6.07 Å². The van der Waals surface area contributed by atoms with Gasteiger partial charge in [0.15, 0.2) is 0 Å². The quantitative estimate of drug-likeness (QED) is 0.772. The lowest BCUT2D eigenvalue weighted by molar-refractivity contribution is -0.137. The minimum absolute atomic E-state index is 0.303. The number of nitrogens with zero attached hydrogens (tertiary/aromatic N) is 2. The van der Waals surface area contributed by atoms with E-state index < -0.39 is 12.0 Å². The highest BCUT2D eigenvalue weighted by atomic mass is 16.4. The molecule has 0 spiro atoms. The molecule has 1 rings (SSSR count). The summed E-state index contributed by atoms with van der Waals surface area (Å²) in [7, 11) is 0. The maximum Gasteiger partial charge on any atom is 0.325 e. The summed E-state index contributed by atoms with van der Waals surface area (Å²) in [5, 5.41) is 20.1. The average molecular weight is 205 g/mol. The van der Waals surface area contributed by atoms with Crippen molar-refractivity contribution >= 4 is 11.8 Å². The highest BCUT2D eigenvalue weighted by Crippen LogP contribution is 2.10. The molecule has 15 heavy (non-hydrogen) atoms. The molecule has 0 aliphatic rings. The maximum atomic E-state index is 10.6. The molecule has 0 radical (unpaired) electrons. The van der Waals surface area contributed by atoms with Gasteiger partial charge in [-0.3, -0.25) is 4.79 Å². The number of carbonyl (C=O) groups is 1. The van der Waals surface area contributed by atoms with Gasteiger partial charge in [-0.15, -0.1) is 0 Å². The molecule has 0 unspecified atom stereocenters. The monoisotopic (exact) mass is 205 g/mol. The van der Waals surface area contributed by atoms with Crippen LogP contribution in [0, 0.1) is 18.3 Å². The van der Waals surface area contributed by atoms with Gasteiger partial charge in [0, 0.05) is 0 Å². The molecule has 2 N–H and O–H groups in total. The van der Waals surface area contributed by atoms with Crippen LogP contribution in [0.25, 0.3) is 0 Å². The molecule has 1 heterocycles. The standard InChI is InChI=1S/C10H11N3O2/c1-6-3-4-9(13-8(6)5-11)12-7(2)10(14)15/h3-4,7H,1-2H3,(H,12,13)(H,14,15)/t7-/m0/s1. The Morgan fingerprint density at radius 1 is 1.67 bits per heavy atom. The van der Waals surface area contributed by atoms with E-state index >= 15 is 0 Å². The Kier molecular flexibility index (Phi) is 3.24. The van der Waals surface area contributed by atoms with Gasteiger partial charge in [0.25, 0.3) is 0 Å². The Bertz CT molecular complexity index is 423. The van der Waals surface area contributed by atoms with Crippen LogP contribution in [0.4, 0.5) is 5.82 Å². The number of aromatic nitrogens is 1. The van der Waals surface area contributed by atoms with Gasteiger partial charge in [0.1, 0.15) is 23.6 Å². The number of aliphatic carboxylic acids is 1. The smallest absolute Gasteiger partial charge is 0.325 e. The fourth-order valence-corrected chi connectivity index (χ4v) is 1.01. The number of hydrogen-bond acceptors (Lipinski definition) is 4. The highest BCUT2D eigenvalue weighted by molar-refractivity contribution is 5.76. The molecule has 78 valence electrons. The third kappa shape index (κ3) is 2.68. The molecular weight excluding hydrogens is 194 g/mol. The molecule has 5 heteroatoms. The van der Waals surface area contributed by atoms with E-state index in [1.165, 1.54) is 6.92 Å². The van der Waals surface area contributed by atoms with E-state index in [9.17, 15) is 4.79 Å². The Balaban J connectivity index is 2.89. The molecule has 0 aliphatic carbocycles. The Morgan fingerprint density at radius 3 is 2.87 bits per heavy atom.